The molecule has 10 heteroatoms. The number of carboxylic acid groups (broad SMARTS) is 1. The highest BCUT2D eigenvalue weighted by atomic mass is 32.1. The summed E-state index contributed by atoms with van der Waals surface area (Å²) in [6.45, 7) is 4.63. The van der Waals surface area contributed by atoms with E-state index in [0.29, 0.717) is 18.2 Å². The fraction of sp³-hybridized carbons (Fsp3) is 0.450. The van der Waals surface area contributed by atoms with Crippen LogP contribution < -0.4 is 5.32 Å². The fourth-order valence-electron chi connectivity index (χ4n) is 2.93. The summed E-state index contributed by atoms with van der Waals surface area (Å²) in [5.41, 5.74) is 3.46. The van der Waals surface area contributed by atoms with Gasteiger partial charge in [0.2, 0.25) is 0 Å². The summed E-state index contributed by atoms with van der Waals surface area (Å²) >= 11 is 1.56. The van der Waals surface area contributed by atoms with Crippen molar-refractivity contribution in [2.75, 3.05) is 19.6 Å². The predicted octanol–water partition coefficient (Wildman–Crippen LogP) is 3.54. The summed E-state index contributed by atoms with van der Waals surface area (Å²) in [4.78, 5) is 27.9. The molecule has 1 saturated heterocycles. The Morgan fingerprint density at radius 3 is 2.77 bits per heavy atom. The predicted molar refractivity (Wildman–Crippen MR) is 108 cm³/mol. The first kappa shape index (κ1) is 23.6. The molecule has 1 amide bonds. The van der Waals surface area contributed by atoms with Crippen molar-refractivity contribution >= 4 is 33.4 Å². The average molecular weight is 441 g/mol. The number of aromatic nitrogens is 1. The van der Waals surface area contributed by atoms with Crippen LogP contribution in [0.2, 0.25) is 0 Å². The van der Waals surface area contributed by atoms with Gasteiger partial charge in [0.15, 0.2) is 0 Å². The molecule has 1 aliphatic heterocycles. The van der Waals surface area contributed by atoms with Gasteiger partial charge in [0.25, 0.3) is 5.91 Å². The number of nitrogens with one attached hydrogen (secondary N) is 1. The lowest BCUT2D eigenvalue weighted by molar-refractivity contribution is -0.192. The van der Waals surface area contributed by atoms with Crippen molar-refractivity contribution in [2.45, 2.75) is 38.4 Å². The molecule has 1 aliphatic rings. The largest absolute Gasteiger partial charge is 0.490 e. The van der Waals surface area contributed by atoms with E-state index in [1.807, 2.05) is 18.2 Å². The monoisotopic (exact) mass is 441 g/mol. The summed E-state index contributed by atoms with van der Waals surface area (Å²) in [5, 5.41) is 10.2. The van der Waals surface area contributed by atoms with Crippen molar-refractivity contribution in [2.24, 2.45) is 0 Å². The molecular formula is C20H22F3N3O3S. The van der Waals surface area contributed by atoms with Crippen molar-refractivity contribution < 1.29 is 27.9 Å². The number of likely N-dealkylation sites (tertiary alicyclic amines) is 1. The minimum Gasteiger partial charge on any atom is -0.475 e. The smallest absolute Gasteiger partial charge is 0.475 e. The van der Waals surface area contributed by atoms with E-state index in [4.69, 9.17) is 9.90 Å². The van der Waals surface area contributed by atoms with E-state index < -0.39 is 12.1 Å². The molecule has 30 heavy (non-hydrogen) atoms. The number of hydrogen-bond donors (Lipinski definition) is 2. The molecule has 6 nitrogen and oxygen atoms in total. The maximum absolute atomic E-state index is 12.4. The molecule has 2 N–H and O–H groups in total. The van der Waals surface area contributed by atoms with E-state index in [-0.39, 0.29) is 5.91 Å². The third kappa shape index (κ3) is 7.00. The van der Waals surface area contributed by atoms with Crippen LogP contribution >= 0.6 is 11.3 Å². The van der Waals surface area contributed by atoms with Gasteiger partial charge >= 0.3 is 12.1 Å². The maximum Gasteiger partial charge on any atom is 0.490 e. The number of carbonyl (C=O) groups excluding carboxylic acids is 1. The molecule has 3 rings (SSSR count). The van der Waals surface area contributed by atoms with E-state index in [1.54, 1.807) is 16.8 Å². The van der Waals surface area contributed by atoms with Crippen LogP contribution in [0.15, 0.2) is 23.7 Å². The summed E-state index contributed by atoms with van der Waals surface area (Å²) in [6.07, 6.45) is -1.88. The maximum atomic E-state index is 12.4. The Labute approximate surface area is 176 Å². The van der Waals surface area contributed by atoms with E-state index in [1.165, 1.54) is 6.42 Å². The lowest BCUT2D eigenvalue weighted by Crippen LogP contribution is -2.40. The standard InChI is InChI=1S/C18H21N3OS.C2HF3O2/c1-2-3-4-9-21-10-5-6-15(21)12-19-18(22)14-7-8-16-17(11-14)23-13-20-16;3-2(4,5)1(6)7/h7-8,11,13,15H,2,5-6,9-10,12H2,1H3,(H,19,22);(H,6,7)/t15-;/m1./s1. The Kier molecular flexibility index (Phi) is 8.62. The SMILES string of the molecule is CCC#CCN1CCC[C@@H]1CNC(=O)c1ccc2ncsc2c1.O=C(O)C(F)(F)F. The average Bonchev–Trinajstić information content (AvgIpc) is 3.34. The van der Waals surface area contributed by atoms with E-state index >= 15 is 0 Å². The first-order chi connectivity index (χ1) is 14.2. The highest BCUT2D eigenvalue weighted by Gasteiger charge is 2.38. The quantitative estimate of drug-likeness (QED) is 0.710. The van der Waals surface area contributed by atoms with Gasteiger partial charge in [-0.1, -0.05) is 12.8 Å². The third-order valence-corrected chi connectivity index (χ3v) is 5.21. The highest BCUT2D eigenvalue weighted by molar-refractivity contribution is 7.16. The summed E-state index contributed by atoms with van der Waals surface area (Å²) in [6, 6.07) is 6.07. The lowest BCUT2D eigenvalue weighted by Gasteiger charge is -2.22. The Hall–Kier alpha value is -2.64. The third-order valence-electron chi connectivity index (χ3n) is 4.42. The molecule has 1 aromatic heterocycles. The zero-order chi connectivity index (χ0) is 22.1. The van der Waals surface area contributed by atoms with Crippen molar-refractivity contribution in [3.63, 3.8) is 0 Å². The van der Waals surface area contributed by atoms with Crippen molar-refractivity contribution in [3.8, 4) is 11.8 Å². The van der Waals surface area contributed by atoms with Crippen LogP contribution in [0.25, 0.3) is 10.2 Å². The number of thiazole rings is 1. The highest BCUT2D eigenvalue weighted by Crippen LogP contribution is 2.19. The Morgan fingerprint density at radius 2 is 2.10 bits per heavy atom. The first-order valence-electron chi connectivity index (χ1n) is 9.33. The van der Waals surface area contributed by atoms with Gasteiger partial charge in [-0.25, -0.2) is 9.78 Å². The Morgan fingerprint density at radius 1 is 1.37 bits per heavy atom. The molecule has 0 saturated carbocycles. The summed E-state index contributed by atoms with van der Waals surface area (Å²) in [5.74, 6) is 3.55. The molecule has 1 aromatic carbocycles. The van der Waals surface area contributed by atoms with Gasteiger partial charge in [0, 0.05) is 24.6 Å². The summed E-state index contributed by atoms with van der Waals surface area (Å²) in [7, 11) is 0. The van der Waals surface area contributed by atoms with Crippen molar-refractivity contribution in [3.05, 3.63) is 29.3 Å². The number of carboxylic acids is 1. The number of alkyl halides is 3. The minimum atomic E-state index is -5.08. The van der Waals surface area contributed by atoms with Gasteiger partial charge in [-0.15, -0.1) is 17.3 Å². The Balaban J connectivity index is 0.000000396. The molecule has 2 heterocycles. The van der Waals surface area contributed by atoms with Crippen LogP contribution in [0.5, 0.6) is 0 Å². The minimum absolute atomic E-state index is 0.00760. The van der Waals surface area contributed by atoms with Gasteiger partial charge in [-0.3, -0.25) is 9.69 Å². The van der Waals surface area contributed by atoms with E-state index in [0.717, 1.165) is 36.1 Å². The molecule has 0 aliphatic carbocycles. The second kappa shape index (κ2) is 10.9. The van der Waals surface area contributed by atoms with Crippen LogP contribution in [-0.2, 0) is 4.79 Å². The van der Waals surface area contributed by atoms with Gasteiger partial charge < -0.3 is 10.4 Å². The number of nitrogens with zero attached hydrogens (tertiary/aromatic N) is 2. The number of carbonyl (C=O) groups is 2. The first-order valence-corrected chi connectivity index (χ1v) is 10.2. The lowest BCUT2D eigenvalue weighted by atomic mass is 10.2. The number of rotatable bonds is 4. The Bertz CT molecular complexity index is 934. The normalized spacial score (nSPS) is 16.3. The van der Waals surface area contributed by atoms with Crippen LogP contribution in [0.4, 0.5) is 13.2 Å². The second-order valence-electron chi connectivity index (χ2n) is 6.52. The van der Waals surface area contributed by atoms with Gasteiger partial charge in [0.1, 0.15) is 0 Å². The molecule has 1 atom stereocenters. The van der Waals surface area contributed by atoms with E-state index in [2.05, 4.69) is 34.0 Å². The van der Waals surface area contributed by atoms with Crippen LogP contribution in [-0.4, -0.2) is 58.7 Å². The molecule has 0 spiro atoms. The molecule has 2 aromatic rings. The number of halogens is 3. The molecule has 162 valence electrons. The van der Waals surface area contributed by atoms with Crippen molar-refractivity contribution in [1.82, 2.24) is 15.2 Å². The van der Waals surface area contributed by atoms with Gasteiger partial charge in [-0.05, 0) is 37.6 Å². The number of aliphatic carboxylic acids is 1. The molecule has 0 unspecified atom stereocenters. The topological polar surface area (TPSA) is 82.5 Å². The van der Waals surface area contributed by atoms with Crippen LogP contribution in [0.3, 0.4) is 0 Å². The zero-order valence-electron chi connectivity index (χ0n) is 16.3. The van der Waals surface area contributed by atoms with Gasteiger partial charge in [0.05, 0.1) is 22.3 Å². The fourth-order valence-corrected chi connectivity index (χ4v) is 3.64. The molecule has 0 bridgehead atoms. The molecule has 0 radical (unpaired) electrons. The number of benzene rings is 1. The number of amides is 1. The summed E-state index contributed by atoms with van der Waals surface area (Å²) < 4.78 is 32.8. The zero-order valence-corrected chi connectivity index (χ0v) is 17.1. The van der Waals surface area contributed by atoms with E-state index in [9.17, 15) is 18.0 Å². The van der Waals surface area contributed by atoms with Gasteiger partial charge in [-0.2, -0.15) is 13.2 Å². The number of fused-ring (bicyclic) bond motifs is 1. The molecular weight excluding hydrogens is 419 g/mol. The van der Waals surface area contributed by atoms with Crippen LogP contribution in [0, 0.1) is 11.8 Å². The van der Waals surface area contributed by atoms with Crippen LogP contribution in [0.1, 0.15) is 36.5 Å². The number of hydrogen-bond acceptors (Lipinski definition) is 5. The second-order valence-corrected chi connectivity index (χ2v) is 7.41. The van der Waals surface area contributed by atoms with Crippen molar-refractivity contribution in [1.29, 1.82) is 0 Å². The molecule has 1 fully saturated rings.